The summed E-state index contributed by atoms with van der Waals surface area (Å²) in [5.74, 6) is -0.470. The molecule has 0 unspecified atom stereocenters. The van der Waals surface area contributed by atoms with E-state index in [1.807, 2.05) is 18.2 Å². The number of hydrogen-bond donors (Lipinski definition) is 0. The van der Waals surface area contributed by atoms with Crippen LogP contribution in [0.25, 0.3) is 17.3 Å². The number of nitrogens with zero attached hydrogens (tertiary/aromatic N) is 4. The Morgan fingerprint density at radius 1 is 0.938 bits per heavy atom. The number of amides is 1. The van der Waals surface area contributed by atoms with E-state index in [0.717, 1.165) is 19.6 Å². The van der Waals surface area contributed by atoms with Crippen LogP contribution in [0.15, 0.2) is 77.6 Å². The largest absolute Gasteiger partial charge is 0.339 e. The van der Waals surface area contributed by atoms with Gasteiger partial charge in [-0.25, -0.2) is 9.07 Å². The van der Waals surface area contributed by atoms with Gasteiger partial charge in [-0.15, -0.1) is 0 Å². The van der Waals surface area contributed by atoms with Gasteiger partial charge in [-0.3, -0.25) is 14.5 Å². The number of rotatable bonds is 6. The van der Waals surface area contributed by atoms with Gasteiger partial charge in [0.2, 0.25) is 5.91 Å². The minimum atomic E-state index is -0.341. The van der Waals surface area contributed by atoms with Crippen molar-refractivity contribution < 1.29 is 9.18 Å². The topological polar surface area (TPSA) is 58.4 Å². The molecule has 0 radical (unpaired) electrons. The van der Waals surface area contributed by atoms with Crippen molar-refractivity contribution in [3.05, 3.63) is 94.5 Å². The highest BCUT2D eigenvalue weighted by atomic mass is 19.1. The van der Waals surface area contributed by atoms with Crippen LogP contribution in [0.5, 0.6) is 0 Å². The molecule has 1 fully saturated rings. The summed E-state index contributed by atoms with van der Waals surface area (Å²) in [6.07, 6.45) is 4.24. The average molecular weight is 432 g/mol. The lowest BCUT2D eigenvalue weighted by Crippen LogP contribution is -2.50. The van der Waals surface area contributed by atoms with Crippen molar-refractivity contribution in [2.24, 2.45) is 0 Å². The van der Waals surface area contributed by atoms with Crippen LogP contribution in [0, 0.1) is 5.82 Å². The van der Waals surface area contributed by atoms with Gasteiger partial charge in [-0.2, -0.15) is 5.10 Å². The quantitative estimate of drug-likeness (QED) is 0.601. The molecule has 0 N–H and O–H groups in total. The molecule has 6 nitrogen and oxygen atoms in total. The van der Waals surface area contributed by atoms with E-state index in [0.29, 0.717) is 24.3 Å². The number of carbonyl (C=O) groups is 1. The summed E-state index contributed by atoms with van der Waals surface area (Å²) in [7, 11) is 0. The highest BCUT2D eigenvalue weighted by Gasteiger charge is 2.21. The highest BCUT2D eigenvalue weighted by Crippen LogP contribution is 2.15. The monoisotopic (exact) mass is 432 g/mol. The van der Waals surface area contributed by atoms with Crippen molar-refractivity contribution in [2.45, 2.75) is 6.54 Å². The normalized spacial score (nSPS) is 14.7. The Bertz CT molecular complexity index is 1130. The van der Waals surface area contributed by atoms with Gasteiger partial charge in [0.1, 0.15) is 12.4 Å². The van der Waals surface area contributed by atoms with Crippen LogP contribution in [0.2, 0.25) is 0 Å². The smallest absolute Gasteiger partial charge is 0.267 e. The van der Waals surface area contributed by atoms with Crippen molar-refractivity contribution in [3.8, 4) is 11.3 Å². The summed E-state index contributed by atoms with van der Waals surface area (Å²) in [5.41, 5.74) is 2.04. The molecule has 1 aromatic heterocycles. The third kappa shape index (κ3) is 5.56. The Morgan fingerprint density at radius 2 is 1.66 bits per heavy atom. The number of carbonyl (C=O) groups excluding carboxylic acids is 1. The third-order valence-electron chi connectivity index (χ3n) is 5.49. The first-order valence-electron chi connectivity index (χ1n) is 10.6. The maximum Gasteiger partial charge on any atom is 0.267 e. The third-order valence-corrected chi connectivity index (χ3v) is 5.49. The van der Waals surface area contributed by atoms with Gasteiger partial charge in [0, 0.05) is 44.4 Å². The molecule has 1 aliphatic rings. The minimum Gasteiger partial charge on any atom is -0.339 e. The van der Waals surface area contributed by atoms with Gasteiger partial charge in [-0.1, -0.05) is 42.5 Å². The van der Waals surface area contributed by atoms with Crippen LogP contribution in [-0.2, 0) is 11.3 Å². The van der Waals surface area contributed by atoms with Crippen molar-refractivity contribution >= 4 is 12.0 Å². The molecule has 1 aliphatic heterocycles. The van der Waals surface area contributed by atoms with Crippen LogP contribution < -0.4 is 5.56 Å². The second-order valence-electron chi connectivity index (χ2n) is 7.72. The molecule has 1 saturated heterocycles. The van der Waals surface area contributed by atoms with Crippen molar-refractivity contribution in [2.75, 3.05) is 32.7 Å². The second-order valence-corrected chi connectivity index (χ2v) is 7.72. The molecule has 0 aliphatic carbocycles. The lowest BCUT2D eigenvalue weighted by Gasteiger charge is -2.34. The summed E-state index contributed by atoms with van der Waals surface area (Å²) < 4.78 is 14.3. The molecule has 4 rings (SSSR count). The van der Waals surface area contributed by atoms with Crippen LogP contribution in [0.1, 0.15) is 5.56 Å². The zero-order valence-electron chi connectivity index (χ0n) is 17.7. The summed E-state index contributed by atoms with van der Waals surface area (Å²) in [6, 6.07) is 19.0. The van der Waals surface area contributed by atoms with Gasteiger partial charge in [0.25, 0.3) is 5.56 Å². The zero-order valence-corrected chi connectivity index (χ0v) is 17.7. The van der Waals surface area contributed by atoms with Gasteiger partial charge in [0.05, 0.1) is 5.69 Å². The predicted octanol–water partition coefficient (Wildman–Crippen LogP) is 2.91. The van der Waals surface area contributed by atoms with E-state index < -0.39 is 0 Å². The van der Waals surface area contributed by atoms with Gasteiger partial charge >= 0.3 is 0 Å². The van der Waals surface area contributed by atoms with Gasteiger partial charge < -0.3 is 4.90 Å². The zero-order chi connectivity index (χ0) is 22.3. The lowest BCUT2D eigenvalue weighted by atomic mass is 10.1. The summed E-state index contributed by atoms with van der Waals surface area (Å²) in [4.78, 5) is 29.0. The van der Waals surface area contributed by atoms with Crippen LogP contribution in [0.3, 0.4) is 0 Å². The maximum absolute atomic E-state index is 13.2. The summed E-state index contributed by atoms with van der Waals surface area (Å²) in [5, 5.41) is 4.31. The molecule has 0 bridgehead atoms. The number of hydrogen-bond acceptors (Lipinski definition) is 4. The Kier molecular flexibility index (Phi) is 6.87. The molecule has 164 valence electrons. The SMILES string of the molecule is O=C(Cn1nc(-c2ccc(F)cc2)ccc1=O)N1CCN(C/C=C/c2ccccc2)CC1. The van der Waals surface area contributed by atoms with Gasteiger partial charge in [0.15, 0.2) is 0 Å². The number of benzene rings is 2. The molecular formula is C25H25FN4O2. The first kappa shape index (κ1) is 21.6. The molecule has 0 spiro atoms. The van der Waals surface area contributed by atoms with Crippen molar-refractivity contribution in [3.63, 3.8) is 0 Å². The molecule has 3 aromatic rings. The number of halogens is 1. The molecule has 7 heteroatoms. The molecule has 1 amide bonds. The molecule has 32 heavy (non-hydrogen) atoms. The Hall–Kier alpha value is -3.58. The first-order chi connectivity index (χ1) is 15.6. The average Bonchev–Trinajstić information content (AvgIpc) is 2.82. The highest BCUT2D eigenvalue weighted by molar-refractivity contribution is 5.76. The van der Waals surface area contributed by atoms with Crippen LogP contribution in [0.4, 0.5) is 4.39 Å². The Labute approximate surface area is 186 Å². The molecule has 2 aromatic carbocycles. The molecular weight excluding hydrogens is 407 g/mol. The predicted molar refractivity (Wildman–Crippen MR) is 122 cm³/mol. The van der Waals surface area contributed by atoms with E-state index in [1.165, 1.54) is 28.4 Å². The van der Waals surface area contributed by atoms with Crippen molar-refractivity contribution in [1.82, 2.24) is 19.6 Å². The first-order valence-corrected chi connectivity index (χ1v) is 10.6. The lowest BCUT2D eigenvalue weighted by molar-refractivity contribution is -0.133. The number of piperazine rings is 1. The molecule has 0 saturated carbocycles. The Balaban J connectivity index is 1.32. The minimum absolute atomic E-state index is 0.109. The fourth-order valence-electron chi connectivity index (χ4n) is 3.65. The Morgan fingerprint density at radius 3 is 2.38 bits per heavy atom. The molecule has 0 atom stereocenters. The van der Waals surface area contributed by atoms with Gasteiger partial charge in [-0.05, 0) is 35.9 Å². The summed E-state index contributed by atoms with van der Waals surface area (Å²) >= 11 is 0. The molecule has 2 heterocycles. The fourth-order valence-corrected chi connectivity index (χ4v) is 3.65. The van der Waals surface area contributed by atoms with Crippen LogP contribution >= 0.6 is 0 Å². The van der Waals surface area contributed by atoms with Crippen molar-refractivity contribution in [1.29, 1.82) is 0 Å². The fraction of sp³-hybridized carbons (Fsp3) is 0.240. The van der Waals surface area contributed by atoms with E-state index in [9.17, 15) is 14.0 Å². The second kappa shape index (κ2) is 10.2. The maximum atomic E-state index is 13.2. The van der Waals surface area contributed by atoms with E-state index in [2.05, 4.69) is 34.3 Å². The standard InChI is InChI=1S/C25H25FN4O2/c26-22-10-8-21(9-11-22)23-12-13-24(31)30(27-23)19-25(32)29-17-15-28(16-18-29)14-4-7-20-5-2-1-3-6-20/h1-13H,14-19H2/b7-4+. The summed E-state index contributed by atoms with van der Waals surface area (Å²) in [6.45, 7) is 3.51. The van der Waals surface area contributed by atoms with E-state index >= 15 is 0 Å². The van der Waals surface area contributed by atoms with E-state index in [1.54, 1.807) is 23.1 Å². The number of aromatic nitrogens is 2. The van der Waals surface area contributed by atoms with Crippen LogP contribution in [-0.4, -0.2) is 58.2 Å². The van der Waals surface area contributed by atoms with E-state index in [-0.39, 0.29) is 23.8 Å². The van der Waals surface area contributed by atoms with E-state index in [4.69, 9.17) is 0 Å².